The Morgan fingerprint density at radius 3 is 2.59 bits per heavy atom. The molecule has 6 heteroatoms. The van der Waals surface area contributed by atoms with Gasteiger partial charge in [0, 0.05) is 6.20 Å². The van der Waals surface area contributed by atoms with E-state index in [0.717, 1.165) is 5.56 Å². The zero-order valence-electron chi connectivity index (χ0n) is 17.1. The van der Waals surface area contributed by atoms with Gasteiger partial charge in [0.25, 0.3) is 0 Å². The molecule has 3 aromatic rings. The maximum Gasteiger partial charge on any atom is 0.228 e. The zero-order chi connectivity index (χ0) is 20.6. The molecule has 1 aromatic heterocycles. The van der Waals surface area contributed by atoms with Crippen molar-refractivity contribution in [3.8, 4) is 11.5 Å². The van der Waals surface area contributed by atoms with Crippen molar-refractivity contribution in [1.82, 2.24) is 9.78 Å². The minimum atomic E-state index is -0.105. The third-order valence-electron chi connectivity index (χ3n) is 4.32. The highest BCUT2D eigenvalue weighted by atomic mass is 16.5. The highest BCUT2D eigenvalue weighted by Crippen LogP contribution is 2.28. The Bertz CT molecular complexity index is 966. The highest BCUT2D eigenvalue weighted by molar-refractivity contribution is 5.92. The van der Waals surface area contributed by atoms with Gasteiger partial charge in [0.05, 0.1) is 38.1 Å². The van der Waals surface area contributed by atoms with E-state index < -0.39 is 0 Å². The molecule has 0 bridgehead atoms. The number of hydrogen-bond acceptors (Lipinski definition) is 4. The molecule has 0 saturated carbocycles. The monoisotopic (exact) mass is 393 g/mol. The maximum atomic E-state index is 12.5. The molecule has 152 valence electrons. The molecule has 1 amide bonds. The second kappa shape index (κ2) is 9.78. The number of anilines is 1. The molecular formula is C23H27N3O3. The molecule has 0 atom stereocenters. The number of carbonyl (C=O) groups excluding carboxylic acids is 1. The van der Waals surface area contributed by atoms with Gasteiger partial charge < -0.3 is 14.8 Å². The van der Waals surface area contributed by atoms with Crippen LogP contribution in [-0.2, 0) is 17.8 Å². The van der Waals surface area contributed by atoms with Crippen molar-refractivity contribution in [3.05, 3.63) is 71.5 Å². The Kier molecular flexibility index (Phi) is 6.89. The summed E-state index contributed by atoms with van der Waals surface area (Å²) in [5.41, 5.74) is 3.92. The van der Waals surface area contributed by atoms with Crippen molar-refractivity contribution in [2.24, 2.45) is 0 Å². The average molecular weight is 393 g/mol. The van der Waals surface area contributed by atoms with E-state index in [9.17, 15) is 4.79 Å². The van der Waals surface area contributed by atoms with Gasteiger partial charge in [0.2, 0.25) is 5.91 Å². The summed E-state index contributed by atoms with van der Waals surface area (Å²) < 4.78 is 13.0. The van der Waals surface area contributed by atoms with Crippen molar-refractivity contribution in [2.75, 3.05) is 18.5 Å². The zero-order valence-corrected chi connectivity index (χ0v) is 17.1. The smallest absolute Gasteiger partial charge is 0.228 e. The fraction of sp³-hybridized carbons (Fsp3) is 0.304. The molecule has 3 rings (SSSR count). The predicted octanol–water partition coefficient (Wildman–Crippen LogP) is 4.22. The first-order valence-corrected chi connectivity index (χ1v) is 9.83. The number of aryl methyl sites for hydroxylation is 1. The van der Waals surface area contributed by atoms with Crippen LogP contribution in [0.3, 0.4) is 0 Å². The van der Waals surface area contributed by atoms with Crippen LogP contribution in [-0.4, -0.2) is 28.9 Å². The van der Waals surface area contributed by atoms with E-state index in [4.69, 9.17) is 9.47 Å². The molecule has 29 heavy (non-hydrogen) atoms. The molecule has 0 radical (unpaired) electrons. The molecule has 0 fully saturated rings. The van der Waals surface area contributed by atoms with Gasteiger partial charge >= 0.3 is 0 Å². The summed E-state index contributed by atoms with van der Waals surface area (Å²) in [6.07, 6.45) is 3.75. The van der Waals surface area contributed by atoms with Crippen LogP contribution in [0.1, 0.15) is 30.5 Å². The molecular weight excluding hydrogens is 366 g/mol. The molecule has 0 aliphatic carbocycles. The fourth-order valence-electron chi connectivity index (χ4n) is 3.11. The number of nitrogens with one attached hydrogen (secondary N) is 1. The lowest BCUT2D eigenvalue weighted by molar-refractivity contribution is -0.115. The summed E-state index contributed by atoms with van der Waals surface area (Å²) in [7, 11) is 0. The van der Waals surface area contributed by atoms with E-state index in [1.165, 1.54) is 11.1 Å². The van der Waals surface area contributed by atoms with Crippen molar-refractivity contribution in [1.29, 1.82) is 0 Å². The summed E-state index contributed by atoms with van der Waals surface area (Å²) in [4.78, 5) is 12.5. The molecule has 1 heterocycles. The summed E-state index contributed by atoms with van der Waals surface area (Å²) in [6, 6.07) is 13.9. The maximum absolute atomic E-state index is 12.5. The number of aromatic nitrogens is 2. The molecule has 6 nitrogen and oxygen atoms in total. The SMILES string of the molecule is CCOc1ccc(CC(=O)Nc2cnn(Cc3cccc(C)c3)c2)cc1OCC. The Morgan fingerprint density at radius 2 is 1.83 bits per heavy atom. The number of nitrogens with zero attached hydrogens (tertiary/aromatic N) is 2. The van der Waals surface area contributed by atoms with Crippen molar-refractivity contribution < 1.29 is 14.3 Å². The molecule has 0 unspecified atom stereocenters. The minimum Gasteiger partial charge on any atom is -0.490 e. The molecule has 0 aliphatic rings. The molecule has 0 spiro atoms. The Labute approximate surface area is 171 Å². The lowest BCUT2D eigenvalue weighted by Gasteiger charge is -2.12. The number of hydrogen-bond donors (Lipinski definition) is 1. The van der Waals surface area contributed by atoms with Gasteiger partial charge in [-0.15, -0.1) is 0 Å². The predicted molar refractivity (Wildman–Crippen MR) is 114 cm³/mol. The average Bonchev–Trinajstić information content (AvgIpc) is 3.10. The largest absolute Gasteiger partial charge is 0.490 e. The first kappa shape index (κ1) is 20.5. The number of ether oxygens (including phenoxy) is 2. The Hall–Kier alpha value is -3.28. The van der Waals surface area contributed by atoms with Gasteiger partial charge in [-0.25, -0.2) is 0 Å². The molecule has 2 aromatic carbocycles. The first-order chi connectivity index (χ1) is 14.1. The van der Waals surface area contributed by atoms with Crippen LogP contribution in [0.25, 0.3) is 0 Å². The third-order valence-corrected chi connectivity index (χ3v) is 4.32. The van der Waals surface area contributed by atoms with Gasteiger partial charge in [-0.3, -0.25) is 9.48 Å². The van der Waals surface area contributed by atoms with Gasteiger partial charge in [-0.05, 0) is 44.0 Å². The van der Waals surface area contributed by atoms with Gasteiger partial charge in [0.1, 0.15) is 0 Å². The van der Waals surface area contributed by atoms with Gasteiger partial charge in [-0.1, -0.05) is 35.9 Å². The van der Waals surface area contributed by atoms with Crippen LogP contribution in [0.2, 0.25) is 0 Å². The summed E-state index contributed by atoms with van der Waals surface area (Å²) in [5, 5.41) is 7.24. The minimum absolute atomic E-state index is 0.105. The first-order valence-electron chi connectivity index (χ1n) is 9.83. The topological polar surface area (TPSA) is 65.4 Å². The molecule has 0 saturated heterocycles. The second-order valence-electron chi connectivity index (χ2n) is 6.79. The van der Waals surface area contributed by atoms with Gasteiger partial charge in [0.15, 0.2) is 11.5 Å². The van der Waals surface area contributed by atoms with Crippen LogP contribution in [0.4, 0.5) is 5.69 Å². The lowest BCUT2D eigenvalue weighted by Crippen LogP contribution is -2.14. The van der Waals surface area contributed by atoms with E-state index >= 15 is 0 Å². The summed E-state index contributed by atoms with van der Waals surface area (Å²) in [6.45, 7) is 7.67. The fourth-order valence-corrected chi connectivity index (χ4v) is 3.11. The third kappa shape index (κ3) is 5.85. The Morgan fingerprint density at radius 1 is 1.03 bits per heavy atom. The normalized spacial score (nSPS) is 10.6. The van der Waals surface area contributed by atoms with Crippen LogP contribution < -0.4 is 14.8 Å². The number of carbonyl (C=O) groups is 1. The van der Waals surface area contributed by atoms with Crippen molar-refractivity contribution >= 4 is 11.6 Å². The second-order valence-corrected chi connectivity index (χ2v) is 6.79. The quantitative estimate of drug-likeness (QED) is 0.591. The van der Waals surface area contributed by atoms with Gasteiger partial charge in [-0.2, -0.15) is 5.10 Å². The van der Waals surface area contributed by atoms with Crippen molar-refractivity contribution in [3.63, 3.8) is 0 Å². The summed E-state index contributed by atoms with van der Waals surface area (Å²) >= 11 is 0. The number of benzene rings is 2. The van der Waals surface area contributed by atoms with Crippen LogP contribution in [0.5, 0.6) is 11.5 Å². The van der Waals surface area contributed by atoms with Crippen LogP contribution >= 0.6 is 0 Å². The Balaban J connectivity index is 1.61. The standard InChI is InChI=1S/C23H27N3O3/c1-4-28-21-10-9-18(12-22(21)29-5-2)13-23(27)25-20-14-24-26(16-20)15-19-8-6-7-17(3)11-19/h6-12,14,16H,4-5,13,15H2,1-3H3,(H,25,27). The van der Waals surface area contributed by atoms with Crippen molar-refractivity contribution in [2.45, 2.75) is 33.7 Å². The van der Waals surface area contributed by atoms with E-state index in [2.05, 4.69) is 35.5 Å². The molecule has 1 N–H and O–H groups in total. The van der Waals surface area contributed by atoms with E-state index in [1.807, 2.05) is 49.0 Å². The van der Waals surface area contributed by atoms with E-state index in [-0.39, 0.29) is 12.3 Å². The van der Waals surface area contributed by atoms with Crippen LogP contribution in [0.15, 0.2) is 54.9 Å². The highest BCUT2D eigenvalue weighted by Gasteiger charge is 2.10. The lowest BCUT2D eigenvalue weighted by atomic mass is 10.1. The van der Waals surface area contributed by atoms with Crippen LogP contribution in [0, 0.1) is 6.92 Å². The van der Waals surface area contributed by atoms with E-state index in [0.29, 0.717) is 36.9 Å². The number of rotatable bonds is 9. The number of amides is 1. The summed E-state index contributed by atoms with van der Waals surface area (Å²) in [5.74, 6) is 1.24. The van der Waals surface area contributed by atoms with E-state index in [1.54, 1.807) is 6.20 Å². The molecule has 0 aliphatic heterocycles.